The van der Waals surface area contributed by atoms with Gasteiger partial charge >= 0.3 is 5.97 Å². The number of benzene rings is 3. The van der Waals surface area contributed by atoms with Crippen molar-refractivity contribution in [3.05, 3.63) is 111 Å². The van der Waals surface area contributed by atoms with Crippen LogP contribution in [0.2, 0.25) is 0 Å². The monoisotopic (exact) mass is 710 g/mol. The molecule has 4 aromatic rings. The predicted octanol–water partition coefficient (Wildman–Crippen LogP) is 0.869. The summed E-state index contributed by atoms with van der Waals surface area (Å²) in [5, 5.41) is 43.9. The highest BCUT2D eigenvalue weighted by molar-refractivity contribution is 5.89. The number of nitrogens with one attached hydrogen (secondary N) is 1. The number of fused-ring (bicyclic) bond motifs is 2. The molecule has 0 spiro atoms. The first-order valence-electron chi connectivity index (χ1n) is 16.4. The summed E-state index contributed by atoms with van der Waals surface area (Å²) in [5.41, 5.74) is 5.92. The Morgan fingerprint density at radius 3 is 2.48 bits per heavy atom. The van der Waals surface area contributed by atoms with Gasteiger partial charge in [-0.15, -0.1) is 0 Å². The molecule has 1 unspecified atom stereocenters. The van der Waals surface area contributed by atoms with Crippen LogP contribution in [0.1, 0.15) is 23.1 Å². The number of aryl methyl sites for hydroxylation is 2. The van der Waals surface area contributed by atoms with Gasteiger partial charge in [-0.2, -0.15) is 9.90 Å². The van der Waals surface area contributed by atoms with E-state index in [-0.39, 0.29) is 33.5 Å². The summed E-state index contributed by atoms with van der Waals surface area (Å²) in [7, 11) is 0. The number of aromatic hydroxyl groups is 1. The molecule has 0 saturated carbocycles. The summed E-state index contributed by atoms with van der Waals surface area (Å²) in [6, 6.07) is 16.6. The Balaban J connectivity index is 1.20. The number of rotatable bonds is 10. The lowest BCUT2D eigenvalue weighted by molar-refractivity contribution is -1.04. The van der Waals surface area contributed by atoms with Crippen LogP contribution in [0.5, 0.6) is 11.5 Å². The van der Waals surface area contributed by atoms with Crippen molar-refractivity contribution in [3.63, 3.8) is 0 Å². The molecule has 0 aliphatic carbocycles. The minimum absolute atomic E-state index is 0.0523. The topological polar surface area (TPSA) is 202 Å². The summed E-state index contributed by atoms with van der Waals surface area (Å²) in [6.07, 6.45) is -3.56. The molecule has 3 aliphatic rings. The van der Waals surface area contributed by atoms with Gasteiger partial charge in [0, 0.05) is 23.4 Å². The number of aliphatic hydroxyl groups is 2. The summed E-state index contributed by atoms with van der Waals surface area (Å²) < 4.78 is 23.1. The molecule has 14 nitrogen and oxygen atoms in total. The molecule has 52 heavy (non-hydrogen) atoms. The number of aliphatic carboxylic acids is 1. The van der Waals surface area contributed by atoms with Crippen LogP contribution < -0.4 is 20.3 Å². The second kappa shape index (κ2) is 14.2. The van der Waals surface area contributed by atoms with Crippen molar-refractivity contribution in [1.29, 1.82) is 0 Å². The molecule has 1 saturated heterocycles. The zero-order valence-corrected chi connectivity index (χ0v) is 28.0. The summed E-state index contributed by atoms with van der Waals surface area (Å²) in [6.45, 7) is 3.67. The molecule has 4 N–H and O–H groups in total. The van der Waals surface area contributed by atoms with Crippen molar-refractivity contribution in [3.8, 4) is 22.6 Å². The van der Waals surface area contributed by atoms with Crippen LogP contribution in [0.25, 0.3) is 27.8 Å². The van der Waals surface area contributed by atoms with Crippen molar-refractivity contribution in [2.75, 3.05) is 13.2 Å². The maximum absolute atomic E-state index is 13.4. The SMILES string of the molecule is Cc1cc(C)cc(C2=C3N=CC=C3C[NH+]2O[C@H]2[C@@H](Oc3ccc4c(=O)c(-c5ccc(O)cc5)coc4c3)O[C@@H](COC(=O)CC(=O)[O-])[C@H](O)[C@H]2O)c1. The van der Waals surface area contributed by atoms with Crippen LogP contribution >= 0.6 is 0 Å². The van der Waals surface area contributed by atoms with Crippen LogP contribution in [0.4, 0.5) is 0 Å². The predicted molar refractivity (Wildman–Crippen MR) is 182 cm³/mol. The smallest absolute Gasteiger partial charge is 0.311 e. The lowest BCUT2D eigenvalue weighted by atomic mass is 9.99. The van der Waals surface area contributed by atoms with Crippen LogP contribution in [-0.2, 0) is 23.9 Å². The molecule has 0 bridgehead atoms. The standard InChI is InChI=1S/C38H34N2O12/c1-19-11-20(2)13-23(12-19)33-32-22(9-10-39-32)16-40(33)52-37-36(47)35(46)29(18-49-31(44)15-30(42)43)51-38(37)50-25-7-8-26-28(14-25)48-17-27(34(26)45)21-3-5-24(41)6-4-21/h3-14,17,29,35-38,41,46-47H,15-16,18H2,1-2H3,(H,42,43)/t29-,35-,36+,37+,38-/m0/s1. The quantitative estimate of drug-likeness (QED) is 0.134. The number of nitrogens with zero attached hydrogens (tertiary/aromatic N) is 1. The van der Waals surface area contributed by atoms with Gasteiger partial charge in [0.25, 0.3) is 0 Å². The number of aliphatic imine (C=N–C) groups is 1. The molecular formula is C38H34N2O12. The van der Waals surface area contributed by atoms with E-state index in [0.717, 1.165) is 28.0 Å². The first-order valence-corrected chi connectivity index (χ1v) is 16.4. The summed E-state index contributed by atoms with van der Waals surface area (Å²) in [4.78, 5) is 47.3. The molecule has 14 heteroatoms. The fourth-order valence-electron chi connectivity index (χ4n) is 6.57. The van der Waals surface area contributed by atoms with Crippen LogP contribution in [-0.4, -0.2) is 77.3 Å². The van der Waals surface area contributed by atoms with Gasteiger partial charge < -0.3 is 43.8 Å². The third kappa shape index (κ3) is 6.97. The normalized spacial score (nSPS) is 23.8. The first-order chi connectivity index (χ1) is 24.9. The first kappa shape index (κ1) is 34.8. The summed E-state index contributed by atoms with van der Waals surface area (Å²) >= 11 is 0. The number of aliphatic hydroxyl groups excluding tert-OH is 2. The Kier molecular flexibility index (Phi) is 9.48. The highest BCUT2D eigenvalue weighted by Crippen LogP contribution is 2.32. The van der Waals surface area contributed by atoms with E-state index in [1.54, 1.807) is 18.3 Å². The maximum Gasteiger partial charge on any atom is 0.311 e. The second-order valence-corrected chi connectivity index (χ2v) is 12.8. The number of allylic oxidation sites excluding steroid dienone is 1. The van der Waals surface area contributed by atoms with Crippen LogP contribution in [0, 0.1) is 13.8 Å². The number of carbonyl (C=O) groups is 2. The van der Waals surface area contributed by atoms with Gasteiger partial charge in [0.2, 0.25) is 12.4 Å². The number of hydrogen-bond donors (Lipinski definition) is 4. The zero-order valence-electron chi connectivity index (χ0n) is 28.0. The fourth-order valence-corrected chi connectivity index (χ4v) is 6.57. The van der Waals surface area contributed by atoms with Gasteiger partial charge in [0.05, 0.1) is 23.3 Å². The van der Waals surface area contributed by atoms with E-state index in [4.69, 9.17) is 23.5 Å². The van der Waals surface area contributed by atoms with Gasteiger partial charge in [0.1, 0.15) is 60.5 Å². The molecule has 268 valence electrons. The Morgan fingerprint density at radius 1 is 1.00 bits per heavy atom. The molecule has 0 radical (unpaired) electrons. The molecular weight excluding hydrogens is 676 g/mol. The van der Waals surface area contributed by atoms with E-state index in [2.05, 4.69) is 4.99 Å². The van der Waals surface area contributed by atoms with Crippen LogP contribution in [0.15, 0.2) is 98.5 Å². The van der Waals surface area contributed by atoms with E-state index in [0.29, 0.717) is 22.9 Å². The number of hydrogen-bond acceptors (Lipinski definition) is 13. The number of carbonyl (C=O) groups excluding carboxylic acids is 2. The maximum atomic E-state index is 13.4. The lowest BCUT2D eigenvalue weighted by Crippen LogP contribution is -3.08. The average molecular weight is 711 g/mol. The van der Waals surface area contributed by atoms with Crippen molar-refractivity contribution < 1.29 is 58.5 Å². The van der Waals surface area contributed by atoms with Crippen molar-refractivity contribution >= 4 is 34.8 Å². The molecule has 3 aromatic carbocycles. The van der Waals surface area contributed by atoms with E-state index < -0.39 is 55.7 Å². The zero-order chi connectivity index (χ0) is 36.7. The third-order valence-corrected chi connectivity index (χ3v) is 8.96. The second-order valence-electron chi connectivity index (χ2n) is 12.8. The van der Waals surface area contributed by atoms with Gasteiger partial charge in [-0.05, 0) is 61.9 Å². The van der Waals surface area contributed by atoms with Gasteiger partial charge in [-0.25, -0.2) is 4.99 Å². The molecule has 1 aromatic heterocycles. The van der Waals surface area contributed by atoms with Gasteiger partial charge in [-0.3, -0.25) is 9.59 Å². The lowest BCUT2D eigenvalue weighted by Gasteiger charge is -2.41. The molecule has 0 amide bonds. The molecule has 3 aliphatic heterocycles. The number of ether oxygens (including phenoxy) is 3. The number of carboxylic acid groups (broad SMARTS) is 1. The average Bonchev–Trinajstić information content (AvgIpc) is 3.68. The number of carboxylic acids is 1. The Hall–Kier alpha value is -5.64. The summed E-state index contributed by atoms with van der Waals surface area (Å²) in [5.74, 6) is -2.56. The van der Waals surface area contributed by atoms with E-state index >= 15 is 0 Å². The highest BCUT2D eigenvalue weighted by Gasteiger charge is 2.51. The van der Waals surface area contributed by atoms with Crippen molar-refractivity contribution in [1.82, 2.24) is 0 Å². The van der Waals surface area contributed by atoms with Crippen molar-refractivity contribution in [2.45, 2.75) is 51.0 Å². The molecule has 7 rings (SSSR count). The number of phenolic OH excluding ortho intramolecular Hbond substituents is 1. The number of esters is 1. The molecule has 1 fully saturated rings. The van der Waals surface area contributed by atoms with Crippen LogP contribution in [0.3, 0.4) is 0 Å². The van der Waals surface area contributed by atoms with Gasteiger partial charge in [0.15, 0.2) is 11.1 Å². The molecule has 4 heterocycles. The number of hydroxylamine groups is 2. The Morgan fingerprint density at radius 2 is 1.75 bits per heavy atom. The number of phenols is 1. The third-order valence-electron chi connectivity index (χ3n) is 8.96. The van der Waals surface area contributed by atoms with E-state index in [9.17, 15) is 34.8 Å². The minimum atomic E-state index is -1.65. The number of quaternary nitrogens is 1. The molecule has 6 atom stereocenters. The minimum Gasteiger partial charge on any atom is -0.550 e. The van der Waals surface area contributed by atoms with E-state index in [1.165, 1.54) is 36.6 Å². The largest absolute Gasteiger partial charge is 0.550 e. The fraction of sp³-hybridized carbons (Fsp3) is 0.263. The highest BCUT2D eigenvalue weighted by atomic mass is 16.8. The van der Waals surface area contributed by atoms with E-state index in [1.807, 2.05) is 38.1 Å². The van der Waals surface area contributed by atoms with Gasteiger partial charge in [-0.1, -0.05) is 29.3 Å². The van der Waals surface area contributed by atoms with Crippen molar-refractivity contribution in [2.24, 2.45) is 4.99 Å². The Labute approximate surface area is 296 Å². The Bertz CT molecular complexity index is 2190.